The van der Waals surface area contributed by atoms with Gasteiger partial charge < -0.3 is 15.2 Å². The van der Waals surface area contributed by atoms with E-state index in [0.29, 0.717) is 23.4 Å². The molecule has 1 heterocycles. The first-order valence-corrected chi connectivity index (χ1v) is 10.0. The lowest BCUT2D eigenvalue weighted by Gasteiger charge is -2.27. The van der Waals surface area contributed by atoms with Crippen molar-refractivity contribution in [2.45, 2.75) is 30.8 Å². The number of benzene rings is 2. The van der Waals surface area contributed by atoms with Gasteiger partial charge in [-0.25, -0.2) is 0 Å². The number of aromatic amines is 1. The summed E-state index contributed by atoms with van der Waals surface area (Å²) in [5, 5.41) is 22.3. The average molecular weight is 452 g/mol. The minimum atomic E-state index is -4.83. The predicted octanol–water partition coefficient (Wildman–Crippen LogP) is 4.14. The van der Waals surface area contributed by atoms with E-state index in [0.717, 1.165) is 23.0 Å². The number of hydrogen-bond donors (Lipinski definition) is 3. The lowest BCUT2D eigenvalue weighted by molar-refractivity contribution is -0.274. The van der Waals surface area contributed by atoms with Gasteiger partial charge in [0.25, 0.3) is 5.91 Å². The van der Waals surface area contributed by atoms with Gasteiger partial charge >= 0.3 is 6.36 Å². The molecule has 5 rings (SSSR count). The van der Waals surface area contributed by atoms with E-state index in [9.17, 15) is 23.1 Å². The molecule has 0 radical (unpaired) electrons. The van der Waals surface area contributed by atoms with Gasteiger partial charge in [-0.05, 0) is 60.6 Å². The quantitative estimate of drug-likeness (QED) is 0.556. The molecule has 2 aliphatic carbocycles. The summed E-state index contributed by atoms with van der Waals surface area (Å²) in [6, 6.07) is 8.29. The summed E-state index contributed by atoms with van der Waals surface area (Å²) in [6.45, 7) is 0. The third kappa shape index (κ3) is 3.72. The fourth-order valence-electron chi connectivity index (χ4n) is 4.77. The second-order valence-corrected chi connectivity index (χ2v) is 8.56. The van der Waals surface area contributed by atoms with Gasteiger partial charge in [0.1, 0.15) is 5.75 Å². The van der Waals surface area contributed by atoms with E-state index in [2.05, 4.69) is 20.3 Å². The highest BCUT2D eigenvalue weighted by Crippen LogP contribution is 2.60. The Morgan fingerprint density at radius 1 is 1.26 bits per heavy atom. The first-order chi connectivity index (χ1) is 14.6. The maximum Gasteiger partial charge on any atom is 0.573 e. The largest absolute Gasteiger partial charge is 0.573 e. The lowest BCUT2D eigenvalue weighted by Crippen LogP contribution is -2.33. The van der Waals surface area contributed by atoms with E-state index in [1.54, 1.807) is 18.3 Å². The summed E-state index contributed by atoms with van der Waals surface area (Å²) in [4.78, 5) is 12.5. The number of halogens is 4. The van der Waals surface area contributed by atoms with Crippen molar-refractivity contribution in [2.24, 2.45) is 11.8 Å². The number of aliphatic hydroxyl groups is 1. The van der Waals surface area contributed by atoms with Crippen molar-refractivity contribution in [1.29, 1.82) is 0 Å². The van der Waals surface area contributed by atoms with Crippen LogP contribution in [-0.2, 0) is 5.60 Å². The minimum absolute atomic E-state index is 0.0736. The van der Waals surface area contributed by atoms with Gasteiger partial charge in [0.05, 0.1) is 17.3 Å². The molecular formula is C21H17ClF3N3O3. The molecular weight excluding hydrogens is 435 g/mol. The number of amides is 1. The first kappa shape index (κ1) is 20.1. The molecule has 0 aliphatic heterocycles. The minimum Gasteiger partial charge on any atom is -0.406 e. The Hall–Kier alpha value is -2.78. The van der Waals surface area contributed by atoms with Crippen LogP contribution in [0.15, 0.2) is 42.6 Å². The molecule has 0 spiro atoms. The summed E-state index contributed by atoms with van der Waals surface area (Å²) in [7, 11) is 0. The molecule has 162 valence electrons. The topological polar surface area (TPSA) is 87.2 Å². The number of carbonyl (C=O) groups excluding carboxylic acids is 1. The van der Waals surface area contributed by atoms with Crippen molar-refractivity contribution in [1.82, 2.24) is 15.5 Å². The van der Waals surface area contributed by atoms with Gasteiger partial charge in [0.15, 0.2) is 0 Å². The van der Waals surface area contributed by atoms with Crippen molar-refractivity contribution in [3.05, 3.63) is 58.7 Å². The number of hydrogen-bond acceptors (Lipinski definition) is 4. The number of fused-ring (bicyclic) bond motifs is 2. The summed E-state index contributed by atoms with van der Waals surface area (Å²) in [5.74, 6) is -0.778. The average Bonchev–Trinajstić information content (AvgIpc) is 3.04. The molecule has 0 saturated heterocycles. The zero-order valence-electron chi connectivity index (χ0n) is 15.9. The number of nitrogens with one attached hydrogen (secondary N) is 2. The normalized spacial score (nSPS) is 27.2. The van der Waals surface area contributed by atoms with Gasteiger partial charge in [0, 0.05) is 22.0 Å². The van der Waals surface area contributed by atoms with Gasteiger partial charge in [-0.2, -0.15) is 5.10 Å². The van der Waals surface area contributed by atoms with E-state index in [4.69, 9.17) is 11.6 Å². The lowest BCUT2D eigenvalue weighted by atomic mass is 9.86. The van der Waals surface area contributed by atoms with Gasteiger partial charge in [-0.15, -0.1) is 13.2 Å². The van der Waals surface area contributed by atoms with E-state index in [-0.39, 0.29) is 23.4 Å². The standard InChI is InChI=1S/C21H17ClF3N3O3/c22-11-5-16(15-9-26-28-17(15)6-11)20(30)7-13-14(8-20)18(13)27-19(29)10-2-1-3-12(4-10)31-21(23,24)25/h1-6,9,13-14,18,30H,7-8H2,(H,26,28)(H,27,29)/t13-,14?,18?,20?/m1/s1. The summed E-state index contributed by atoms with van der Waals surface area (Å²) in [6.07, 6.45) is -2.28. The van der Waals surface area contributed by atoms with E-state index < -0.39 is 23.6 Å². The summed E-state index contributed by atoms with van der Waals surface area (Å²) < 4.78 is 41.1. The fraction of sp³-hybridized carbons (Fsp3) is 0.333. The molecule has 1 aromatic heterocycles. The van der Waals surface area contributed by atoms with Crippen LogP contribution < -0.4 is 10.1 Å². The SMILES string of the molecule is O=C(NC1C2CC(O)(c3cc(Cl)cc4[nH]ncc34)C[C@H]21)c1cccc(OC(F)(F)F)c1. The highest BCUT2D eigenvalue weighted by molar-refractivity contribution is 6.31. The first-order valence-electron chi connectivity index (χ1n) is 9.65. The van der Waals surface area contributed by atoms with Crippen LogP contribution in [0.1, 0.15) is 28.8 Å². The molecule has 31 heavy (non-hydrogen) atoms. The van der Waals surface area contributed by atoms with Gasteiger partial charge in [-0.3, -0.25) is 9.89 Å². The van der Waals surface area contributed by atoms with E-state index in [1.165, 1.54) is 12.1 Å². The Labute approximate surface area is 179 Å². The maximum absolute atomic E-state index is 12.5. The molecule has 0 bridgehead atoms. The molecule has 2 aromatic carbocycles. The second-order valence-electron chi connectivity index (χ2n) is 8.13. The number of carbonyl (C=O) groups is 1. The van der Waals surface area contributed by atoms with E-state index in [1.807, 2.05) is 0 Å². The molecule has 1 amide bonds. The summed E-state index contributed by atoms with van der Waals surface area (Å²) >= 11 is 6.19. The van der Waals surface area contributed by atoms with Crippen LogP contribution in [0.2, 0.25) is 5.02 Å². The van der Waals surface area contributed by atoms with Crippen LogP contribution in [0, 0.1) is 11.8 Å². The maximum atomic E-state index is 12.5. The van der Waals surface area contributed by atoms with Crippen LogP contribution in [0.25, 0.3) is 10.9 Å². The Kier molecular flexibility index (Phi) is 4.46. The number of alkyl halides is 3. The molecule has 3 N–H and O–H groups in total. The van der Waals surface area contributed by atoms with Gasteiger partial charge in [0.2, 0.25) is 0 Å². The highest BCUT2D eigenvalue weighted by atomic mass is 35.5. The number of H-pyrrole nitrogens is 1. The molecule has 6 nitrogen and oxygen atoms in total. The van der Waals surface area contributed by atoms with Crippen molar-refractivity contribution in [3.8, 4) is 5.75 Å². The number of ether oxygens (including phenoxy) is 1. The Morgan fingerprint density at radius 3 is 2.71 bits per heavy atom. The Balaban J connectivity index is 1.27. The second kappa shape index (κ2) is 6.86. The van der Waals surface area contributed by atoms with Crippen LogP contribution in [0.5, 0.6) is 5.75 Å². The zero-order chi connectivity index (χ0) is 22.0. The predicted molar refractivity (Wildman–Crippen MR) is 106 cm³/mol. The molecule has 2 aliphatic rings. The third-order valence-corrected chi connectivity index (χ3v) is 6.35. The van der Waals surface area contributed by atoms with Crippen molar-refractivity contribution < 1.29 is 27.8 Å². The molecule has 3 aromatic rings. The number of nitrogens with zero attached hydrogens (tertiary/aromatic N) is 1. The van der Waals surface area contributed by atoms with Crippen molar-refractivity contribution in [2.75, 3.05) is 0 Å². The van der Waals surface area contributed by atoms with Crippen LogP contribution in [0.3, 0.4) is 0 Å². The van der Waals surface area contributed by atoms with E-state index >= 15 is 0 Å². The van der Waals surface area contributed by atoms with Crippen molar-refractivity contribution >= 4 is 28.4 Å². The third-order valence-electron chi connectivity index (χ3n) is 6.13. The monoisotopic (exact) mass is 451 g/mol. The number of rotatable bonds is 4. The molecule has 10 heteroatoms. The fourth-order valence-corrected chi connectivity index (χ4v) is 4.99. The van der Waals surface area contributed by atoms with Crippen LogP contribution in [-0.4, -0.2) is 33.6 Å². The van der Waals surface area contributed by atoms with Crippen molar-refractivity contribution in [3.63, 3.8) is 0 Å². The van der Waals surface area contributed by atoms with Crippen LogP contribution in [0.4, 0.5) is 13.2 Å². The molecule has 2 fully saturated rings. The zero-order valence-corrected chi connectivity index (χ0v) is 16.7. The Bertz CT molecular complexity index is 1170. The number of aromatic nitrogens is 2. The molecule has 2 saturated carbocycles. The smallest absolute Gasteiger partial charge is 0.406 e. The van der Waals surface area contributed by atoms with Crippen LogP contribution >= 0.6 is 11.6 Å². The highest BCUT2D eigenvalue weighted by Gasteiger charge is 2.62. The van der Waals surface area contributed by atoms with Gasteiger partial charge in [-0.1, -0.05) is 17.7 Å². The Morgan fingerprint density at radius 2 is 2.00 bits per heavy atom. The molecule has 3 unspecified atom stereocenters. The summed E-state index contributed by atoms with van der Waals surface area (Å²) in [5.41, 5.74) is 0.446. The molecule has 4 atom stereocenters.